The Bertz CT molecular complexity index is 739. The molecule has 0 saturated carbocycles. The van der Waals surface area contributed by atoms with Gasteiger partial charge in [-0.3, -0.25) is 4.79 Å². The summed E-state index contributed by atoms with van der Waals surface area (Å²) >= 11 is 0. The summed E-state index contributed by atoms with van der Waals surface area (Å²) < 4.78 is 2.15. The third-order valence-corrected chi connectivity index (χ3v) is 4.58. The van der Waals surface area contributed by atoms with Gasteiger partial charge in [-0.2, -0.15) is 0 Å². The Labute approximate surface area is 125 Å². The van der Waals surface area contributed by atoms with E-state index in [2.05, 4.69) is 55.9 Å². The lowest BCUT2D eigenvalue weighted by Gasteiger charge is -2.26. The predicted octanol–water partition coefficient (Wildman–Crippen LogP) is 3.81. The standard InChI is InChI=1S/C18H22N2O/c1-5-10-20-17(12(2)13(3)18(20)21)15-11-19(4)16-9-7-6-8-14(15)16/h6-9,11,17H,5,10H2,1-4H3/t17-/m0/s1. The molecular formula is C18H22N2O. The molecule has 21 heavy (non-hydrogen) atoms. The van der Waals surface area contributed by atoms with E-state index >= 15 is 0 Å². The highest BCUT2D eigenvalue weighted by Gasteiger charge is 2.36. The Morgan fingerprint density at radius 3 is 2.62 bits per heavy atom. The fraction of sp³-hybridized carbons (Fsp3) is 0.389. The highest BCUT2D eigenvalue weighted by molar-refractivity contribution is 5.98. The number of hydrogen-bond acceptors (Lipinski definition) is 1. The number of benzene rings is 1. The van der Waals surface area contributed by atoms with Crippen molar-refractivity contribution in [2.75, 3.05) is 6.54 Å². The van der Waals surface area contributed by atoms with Crippen molar-refractivity contribution in [1.82, 2.24) is 9.47 Å². The first kappa shape index (κ1) is 13.9. The Balaban J connectivity index is 2.18. The van der Waals surface area contributed by atoms with Gasteiger partial charge in [0.25, 0.3) is 0 Å². The van der Waals surface area contributed by atoms with Crippen molar-refractivity contribution in [3.63, 3.8) is 0 Å². The number of rotatable bonds is 3. The maximum atomic E-state index is 12.5. The fourth-order valence-corrected chi connectivity index (χ4v) is 3.40. The van der Waals surface area contributed by atoms with E-state index in [1.165, 1.54) is 22.0 Å². The first-order valence-corrected chi connectivity index (χ1v) is 7.58. The van der Waals surface area contributed by atoms with Gasteiger partial charge in [-0.05, 0) is 31.9 Å². The number of carbonyl (C=O) groups is 1. The molecule has 1 amide bonds. The molecule has 0 spiro atoms. The number of aryl methyl sites for hydroxylation is 1. The van der Waals surface area contributed by atoms with Gasteiger partial charge < -0.3 is 9.47 Å². The lowest BCUT2D eigenvalue weighted by atomic mass is 9.98. The minimum atomic E-state index is 0.0866. The first-order chi connectivity index (χ1) is 10.1. The molecule has 0 bridgehead atoms. The average molecular weight is 282 g/mol. The van der Waals surface area contributed by atoms with Crippen molar-refractivity contribution in [1.29, 1.82) is 0 Å². The molecule has 1 atom stereocenters. The molecule has 0 saturated heterocycles. The van der Waals surface area contributed by atoms with Crippen LogP contribution >= 0.6 is 0 Å². The van der Waals surface area contributed by atoms with E-state index in [1.807, 2.05) is 11.8 Å². The largest absolute Gasteiger partial charge is 0.350 e. The molecule has 3 rings (SSSR count). The van der Waals surface area contributed by atoms with E-state index in [9.17, 15) is 4.79 Å². The van der Waals surface area contributed by atoms with Gasteiger partial charge in [-0.15, -0.1) is 0 Å². The number of fused-ring (bicyclic) bond motifs is 1. The van der Waals surface area contributed by atoms with E-state index in [-0.39, 0.29) is 11.9 Å². The van der Waals surface area contributed by atoms with Crippen molar-refractivity contribution in [2.45, 2.75) is 33.2 Å². The summed E-state index contributed by atoms with van der Waals surface area (Å²) in [5, 5.41) is 1.24. The van der Waals surface area contributed by atoms with E-state index < -0.39 is 0 Å². The summed E-state index contributed by atoms with van der Waals surface area (Å²) in [6, 6.07) is 8.50. The molecule has 0 unspecified atom stereocenters. The van der Waals surface area contributed by atoms with Crippen LogP contribution in [0.3, 0.4) is 0 Å². The molecule has 1 aliphatic rings. The summed E-state index contributed by atoms with van der Waals surface area (Å²) in [5.41, 5.74) is 4.55. The minimum Gasteiger partial charge on any atom is -0.350 e. The lowest BCUT2D eigenvalue weighted by Crippen LogP contribution is -2.30. The monoisotopic (exact) mass is 282 g/mol. The van der Waals surface area contributed by atoms with E-state index in [4.69, 9.17) is 0 Å². The summed E-state index contributed by atoms with van der Waals surface area (Å²) in [5.74, 6) is 0.187. The van der Waals surface area contributed by atoms with Gasteiger partial charge in [-0.25, -0.2) is 0 Å². The van der Waals surface area contributed by atoms with Gasteiger partial charge in [0.2, 0.25) is 5.91 Å². The highest BCUT2D eigenvalue weighted by atomic mass is 16.2. The number of para-hydroxylation sites is 1. The van der Waals surface area contributed by atoms with Gasteiger partial charge in [0, 0.05) is 41.8 Å². The summed E-state index contributed by atoms with van der Waals surface area (Å²) in [4.78, 5) is 14.5. The highest BCUT2D eigenvalue weighted by Crippen LogP contribution is 2.40. The summed E-state index contributed by atoms with van der Waals surface area (Å²) in [6.45, 7) is 6.97. The maximum Gasteiger partial charge on any atom is 0.250 e. The molecular weight excluding hydrogens is 260 g/mol. The van der Waals surface area contributed by atoms with Crippen molar-refractivity contribution in [2.24, 2.45) is 7.05 Å². The number of hydrogen-bond donors (Lipinski definition) is 0. The Morgan fingerprint density at radius 2 is 1.90 bits per heavy atom. The van der Waals surface area contributed by atoms with Crippen molar-refractivity contribution in [3.05, 3.63) is 47.2 Å². The molecule has 3 nitrogen and oxygen atoms in total. The van der Waals surface area contributed by atoms with Crippen LogP contribution in [-0.4, -0.2) is 21.9 Å². The third-order valence-electron chi connectivity index (χ3n) is 4.58. The van der Waals surface area contributed by atoms with E-state index in [0.717, 1.165) is 18.5 Å². The molecule has 1 aromatic carbocycles. The van der Waals surface area contributed by atoms with Crippen LogP contribution in [0.15, 0.2) is 41.6 Å². The molecule has 2 aromatic rings. The molecule has 3 heteroatoms. The van der Waals surface area contributed by atoms with Gasteiger partial charge >= 0.3 is 0 Å². The van der Waals surface area contributed by atoms with Crippen LogP contribution in [0.1, 0.15) is 38.8 Å². The molecule has 0 radical (unpaired) electrons. The second-order valence-electron chi connectivity index (χ2n) is 5.92. The number of aromatic nitrogens is 1. The van der Waals surface area contributed by atoms with E-state index in [0.29, 0.717) is 0 Å². The second kappa shape index (κ2) is 5.06. The quantitative estimate of drug-likeness (QED) is 0.840. The number of carbonyl (C=O) groups excluding carboxylic acids is 1. The van der Waals surface area contributed by atoms with Crippen LogP contribution in [0.5, 0.6) is 0 Å². The zero-order chi connectivity index (χ0) is 15.1. The maximum absolute atomic E-state index is 12.5. The van der Waals surface area contributed by atoms with Crippen LogP contribution in [0.25, 0.3) is 10.9 Å². The van der Waals surface area contributed by atoms with Gasteiger partial charge in [-0.1, -0.05) is 25.1 Å². The second-order valence-corrected chi connectivity index (χ2v) is 5.92. The Hall–Kier alpha value is -2.03. The summed E-state index contributed by atoms with van der Waals surface area (Å²) in [6.07, 6.45) is 3.15. The van der Waals surface area contributed by atoms with Gasteiger partial charge in [0.1, 0.15) is 0 Å². The molecule has 110 valence electrons. The van der Waals surface area contributed by atoms with Crippen LogP contribution < -0.4 is 0 Å². The lowest BCUT2D eigenvalue weighted by molar-refractivity contribution is -0.127. The van der Waals surface area contributed by atoms with Crippen LogP contribution in [0.2, 0.25) is 0 Å². The van der Waals surface area contributed by atoms with Crippen LogP contribution in [0, 0.1) is 0 Å². The van der Waals surface area contributed by atoms with Crippen molar-refractivity contribution in [3.8, 4) is 0 Å². The summed E-state index contributed by atoms with van der Waals surface area (Å²) in [7, 11) is 2.07. The zero-order valence-electron chi connectivity index (χ0n) is 13.2. The number of nitrogens with zero attached hydrogens (tertiary/aromatic N) is 2. The van der Waals surface area contributed by atoms with Crippen LogP contribution in [0.4, 0.5) is 0 Å². The molecule has 1 aliphatic heterocycles. The molecule has 2 heterocycles. The van der Waals surface area contributed by atoms with Crippen molar-refractivity contribution < 1.29 is 4.79 Å². The molecule has 0 aliphatic carbocycles. The first-order valence-electron chi connectivity index (χ1n) is 7.58. The average Bonchev–Trinajstić information content (AvgIpc) is 2.91. The Kier molecular flexibility index (Phi) is 3.36. The van der Waals surface area contributed by atoms with E-state index in [1.54, 1.807) is 0 Å². The minimum absolute atomic E-state index is 0.0866. The zero-order valence-corrected chi connectivity index (χ0v) is 13.2. The SMILES string of the molecule is CCCN1C(=O)C(C)=C(C)[C@H]1c1cn(C)c2ccccc12. The third kappa shape index (κ3) is 1.99. The molecule has 1 aromatic heterocycles. The van der Waals surface area contributed by atoms with Crippen molar-refractivity contribution >= 4 is 16.8 Å². The normalized spacial score (nSPS) is 19.1. The number of amides is 1. The van der Waals surface area contributed by atoms with Gasteiger partial charge in [0.05, 0.1) is 6.04 Å². The van der Waals surface area contributed by atoms with Crippen LogP contribution in [-0.2, 0) is 11.8 Å². The topological polar surface area (TPSA) is 25.2 Å². The fourth-order valence-electron chi connectivity index (χ4n) is 3.40. The van der Waals surface area contributed by atoms with Gasteiger partial charge in [0.15, 0.2) is 0 Å². The predicted molar refractivity (Wildman–Crippen MR) is 86.0 cm³/mol. The molecule has 0 N–H and O–H groups in total. The Morgan fingerprint density at radius 1 is 1.19 bits per heavy atom. The molecule has 0 fully saturated rings. The smallest absolute Gasteiger partial charge is 0.250 e.